The smallest absolute Gasteiger partial charge is 0.328 e. The second-order valence-electron chi connectivity index (χ2n) is 18.5. The maximum atomic E-state index is 14.0. The first-order chi connectivity index (χ1) is 33.7. The molecule has 0 unspecified atom stereocenters. The van der Waals surface area contributed by atoms with Crippen molar-refractivity contribution in [3.8, 4) is 0 Å². The van der Waals surface area contributed by atoms with Crippen LogP contribution in [0.15, 0.2) is 9.98 Å². The van der Waals surface area contributed by atoms with E-state index in [1.165, 1.54) is 23.6 Å². The first-order valence-corrected chi connectivity index (χ1v) is 25.4. The lowest BCUT2D eigenvalue weighted by Gasteiger charge is -2.29. The number of carboxylic acids is 1. The number of aliphatic carboxylic acids is 1. The fourth-order valence-electron chi connectivity index (χ4n) is 7.47. The molecule has 1 saturated heterocycles. The average molecular weight is 1040 g/mol. The van der Waals surface area contributed by atoms with Crippen molar-refractivity contribution in [3.63, 3.8) is 0 Å². The van der Waals surface area contributed by atoms with Gasteiger partial charge in [0.2, 0.25) is 47.3 Å². The van der Waals surface area contributed by atoms with Gasteiger partial charge >= 0.3 is 5.97 Å². The standard InChI is InChI=1S/C44H81N15O12S/c1-22(2)19-26(45)41(69)59-17-10-13-32(59)40(68)55-27(11-8-15-50-43(46)47)35(63)52-24(5)34(62)56-30(20-23(3)4)38(66)54-29(14-18-72-7)37(65)53-28(12-9-16-51-44(48)49)36(64)57-31(21-60)39(67)58-33(25(6)61)42(70)71/h22-33,60-61H,8-21,45H2,1-7H3,(H,52,63)(H,53,65)(H,54,66)(H,55,68)(H,56,62)(H,57,64)(H,58,67)(H,70,71)(H4,46,47,50)(H4,48,49,51)/t24-,25+,26-,27-,28-,29-,30-,31-,32-,33-/m0/s1. The highest BCUT2D eigenvalue weighted by molar-refractivity contribution is 7.98. The Morgan fingerprint density at radius 2 is 1.10 bits per heavy atom. The minimum Gasteiger partial charge on any atom is -0.480 e. The summed E-state index contributed by atoms with van der Waals surface area (Å²) in [6.07, 6.45) is 1.94. The van der Waals surface area contributed by atoms with Crippen LogP contribution in [-0.4, -0.2) is 184 Å². The van der Waals surface area contributed by atoms with E-state index in [-0.39, 0.29) is 81.3 Å². The van der Waals surface area contributed by atoms with Crippen molar-refractivity contribution in [3.05, 3.63) is 0 Å². The van der Waals surface area contributed by atoms with Crippen LogP contribution in [0.5, 0.6) is 0 Å². The Hall–Kier alpha value is -6.00. The topological polar surface area (TPSA) is 457 Å². The van der Waals surface area contributed by atoms with Crippen molar-refractivity contribution in [2.24, 2.45) is 50.5 Å². The molecule has 0 bridgehead atoms. The summed E-state index contributed by atoms with van der Waals surface area (Å²) in [5.41, 5.74) is 28.0. The highest BCUT2D eigenvalue weighted by Gasteiger charge is 2.39. The molecule has 0 aromatic rings. The number of aliphatic imine (C=N–C) groups is 2. The average Bonchev–Trinajstić information content (AvgIpc) is 3.79. The van der Waals surface area contributed by atoms with E-state index in [1.807, 2.05) is 19.2 Å². The summed E-state index contributed by atoms with van der Waals surface area (Å²) >= 11 is 1.35. The van der Waals surface area contributed by atoms with Crippen LogP contribution in [0.1, 0.15) is 99.3 Å². The molecule has 1 rings (SSSR count). The molecule has 0 radical (unpaired) electrons. The number of guanidine groups is 2. The normalized spacial score (nSPS) is 17.1. The molecule has 8 amide bonds. The second kappa shape index (κ2) is 32.9. The van der Waals surface area contributed by atoms with Gasteiger partial charge in [-0.05, 0) is 95.5 Å². The fourth-order valence-corrected chi connectivity index (χ4v) is 7.95. The zero-order valence-corrected chi connectivity index (χ0v) is 43.3. The highest BCUT2D eigenvalue weighted by atomic mass is 32.2. The summed E-state index contributed by atoms with van der Waals surface area (Å²) < 4.78 is 0. The van der Waals surface area contributed by atoms with E-state index in [1.54, 1.807) is 20.1 Å². The van der Waals surface area contributed by atoms with Crippen molar-refractivity contribution in [2.45, 2.75) is 160 Å². The van der Waals surface area contributed by atoms with Gasteiger partial charge in [0.1, 0.15) is 42.3 Å². The van der Waals surface area contributed by atoms with E-state index >= 15 is 0 Å². The summed E-state index contributed by atoms with van der Waals surface area (Å²) in [6, 6.07) is -11.6. The van der Waals surface area contributed by atoms with Crippen LogP contribution in [0.3, 0.4) is 0 Å². The number of carbonyl (C=O) groups is 9. The number of thioether (sulfide) groups is 1. The number of carboxylic acid groups (broad SMARTS) is 1. The van der Waals surface area contributed by atoms with Crippen LogP contribution in [0.2, 0.25) is 0 Å². The Labute approximate surface area is 424 Å². The van der Waals surface area contributed by atoms with Crippen molar-refractivity contribution < 1.29 is 58.5 Å². The zero-order valence-electron chi connectivity index (χ0n) is 42.5. The SMILES string of the molecule is CSCC[C@H](NC(=O)[C@H](CC(C)C)NC(=O)[C@H](C)NC(=O)[C@H](CCCN=C(N)N)NC(=O)[C@@H]1CCCN1C(=O)[C@@H](N)CC(C)C)C(=O)N[C@@H](CCCN=C(N)N)C(=O)N[C@@H](CO)C(=O)N[C@H](C(=O)O)[C@@H](C)O. The molecular weight excluding hydrogens is 963 g/mol. The monoisotopic (exact) mass is 1040 g/mol. The van der Waals surface area contributed by atoms with Gasteiger partial charge in [0.15, 0.2) is 18.0 Å². The van der Waals surface area contributed by atoms with Gasteiger partial charge in [0.05, 0.1) is 18.8 Å². The lowest BCUT2D eigenvalue weighted by molar-refractivity contribution is -0.145. The van der Waals surface area contributed by atoms with Crippen molar-refractivity contribution in [1.82, 2.24) is 42.1 Å². The molecule has 20 N–H and O–H groups in total. The summed E-state index contributed by atoms with van der Waals surface area (Å²) in [5, 5.41) is 46.7. The van der Waals surface area contributed by atoms with Crippen molar-refractivity contribution in [2.75, 3.05) is 38.2 Å². The molecule has 27 nitrogen and oxygen atoms in total. The third kappa shape index (κ3) is 23.5. The van der Waals surface area contributed by atoms with Crippen LogP contribution in [0.25, 0.3) is 0 Å². The molecule has 0 aromatic carbocycles. The Bertz CT molecular complexity index is 1880. The predicted molar refractivity (Wildman–Crippen MR) is 270 cm³/mol. The molecule has 0 saturated carbocycles. The number of nitrogens with zero attached hydrogens (tertiary/aromatic N) is 3. The molecule has 0 spiro atoms. The minimum absolute atomic E-state index is 0.0209. The van der Waals surface area contributed by atoms with Crippen LogP contribution in [0, 0.1) is 11.8 Å². The molecule has 72 heavy (non-hydrogen) atoms. The van der Waals surface area contributed by atoms with Crippen LogP contribution in [0.4, 0.5) is 0 Å². The Balaban J connectivity index is 3.33. The number of hydrogen-bond acceptors (Lipinski definition) is 15. The number of hydrogen-bond donors (Lipinski definition) is 15. The Morgan fingerprint density at radius 3 is 1.57 bits per heavy atom. The number of carbonyl (C=O) groups excluding carboxylic acids is 8. The van der Waals surface area contributed by atoms with E-state index in [0.29, 0.717) is 31.6 Å². The van der Waals surface area contributed by atoms with Gasteiger partial charge in [-0.25, -0.2) is 4.79 Å². The summed E-state index contributed by atoms with van der Waals surface area (Å²) in [6.45, 7) is 9.39. The van der Waals surface area contributed by atoms with Gasteiger partial charge in [-0.1, -0.05) is 27.7 Å². The van der Waals surface area contributed by atoms with Crippen LogP contribution in [-0.2, 0) is 43.2 Å². The van der Waals surface area contributed by atoms with Gasteiger partial charge in [-0.2, -0.15) is 11.8 Å². The minimum atomic E-state index is -1.77. The Morgan fingerprint density at radius 1 is 0.639 bits per heavy atom. The van der Waals surface area contributed by atoms with Crippen molar-refractivity contribution in [1.29, 1.82) is 0 Å². The molecule has 1 fully saturated rings. The molecule has 28 heteroatoms. The number of aliphatic hydroxyl groups excluding tert-OH is 2. The molecule has 0 aromatic heterocycles. The third-order valence-electron chi connectivity index (χ3n) is 11.2. The van der Waals surface area contributed by atoms with E-state index in [4.69, 9.17) is 28.7 Å². The summed E-state index contributed by atoms with van der Waals surface area (Å²) in [4.78, 5) is 130. The lowest BCUT2D eigenvalue weighted by atomic mass is 10.0. The van der Waals surface area contributed by atoms with Gasteiger partial charge in [-0.15, -0.1) is 0 Å². The van der Waals surface area contributed by atoms with E-state index in [9.17, 15) is 58.5 Å². The van der Waals surface area contributed by atoms with Crippen molar-refractivity contribution >= 4 is 76.9 Å². The molecule has 410 valence electrons. The summed E-state index contributed by atoms with van der Waals surface area (Å²) in [7, 11) is 0. The number of aliphatic hydroxyl groups is 2. The molecular formula is C44H81N15O12S. The number of nitrogens with two attached hydrogens (primary N) is 5. The Kier molecular flexibility index (Phi) is 29.2. The van der Waals surface area contributed by atoms with Crippen LogP contribution >= 0.6 is 11.8 Å². The van der Waals surface area contributed by atoms with E-state index < -0.39 is 114 Å². The van der Waals surface area contributed by atoms with Gasteiger partial charge in [0, 0.05) is 19.6 Å². The highest BCUT2D eigenvalue weighted by Crippen LogP contribution is 2.20. The maximum absolute atomic E-state index is 14.0. The molecule has 1 aliphatic heterocycles. The van der Waals surface area contributed by atoms with Gasteiger partial charge in [0.25, 0.3) is 0 Å². The third-order valence-corrected chi connectivity index (χ3v) is 11.9. The van der Waals surface area contributed by atoms with Gasteiger partial charge in [-0.3, -0.25) is 48.3 Å². The largest absolute Gasteiger partial charge is 0.480 e. The van der Waals surface area contributed by atoms with Crippen LogP contribution < -0.4 is 65.9 Å². The molecule has 1 aliphatic rings. The predicted octanol–water partition coefficient (Wildman–Crippen LogP) is -4.87. The number of nitrogens with one attached hydrogen (secondary N) is 7. The number of rotatable bonds is 33. The zero-order chi connectivity index (χ0) is 54.8. The first-order valence-electron chi connectivity index (χ1n) is 24.0. The molecule has 10 atom stereocenters. The molecule has 1 heterocycles. The first kappa shape index (κ1) is 64.0. The van der Waals surface area contributed by atoms with E-state index in [2.05, 4.69) is 41.9 Å². The lowest BCUT2D eigenvalue weighted by Crippen LogP contribution is -2.60. The quantitative estimate of drug-likeness (QED) is 0.0166. The number of amides is 8. The van der Waals surface area contributed by atoms with E-state index in [0.717, 1.165) is 6.92 Å². The number of likely N-dealkylation sites (tertiary alicyclic amines) is 1. The second-order valence-corrected chi connectivity index (χ2v) is 19.5. The summed E-state index contributed by atoms with van der Waals surface area (Å²) in [5.74, 6) is -7.90. The fraction of sp³-hybridized carbons (Fsp3) is 0.750. The maximum Gasteiger partial charge on any atom is 0.328 e. The molecule has 0 aliphatic carbocycles. The van der Waals surface area contributed by atoms with Gasteiger partial charge < -0.3 is 86.1 Å².